The lowest BCUT2D eigenvalue weighted by Crippen LogP contribution is -2.22. The second kappa shape index (κ2) is 8.39. The molecule has 0 radical (unpaired) electrons. The van der Waals surface area contributed by atoms with Crippen molar-refractivity contribution in [2.45, 2.75) is 6.54 Å². The summed E-state index contributed by atoms with van der Waals surface area (Å²) in [6.07, 6.45) is 6.75. The SMILES string of the molecule is COCCN(C)c1ccc(CNc2cnn(-c3ccnc(F)c3)c2)cn1. The van der Waals surface area contributed by atoms with Crippen molar-refractivity contribution in [3.8, 4) is 5.69 Å². The lowest BCUT2D eigenvalue weighted by Gasteiger charge is -2.17. The highest BCUT2D eigenvalue weighted by atomic mass is 19.1. The minimum Gasteiger partial charge on any atom is -0.383 e. The molecule has 0 spiro atoms. The first kappa shape index (κ1) is 17.8. The second-order valence-electron chi connectivity index (χ2n) is 5.80. The zero-order valence-electron chi connectivity index (χ0n) is 14.8. The summed E-state index contributed by atoms with van der Waals surface area (Å²) < 4.78 is 19.9. The van der Waals surface area contributed by atoms with Crippen LogP contribution in [0.3, 0.4) is 0 Å². The van der Waals surface area contributed by atoms with Crippen molar-refractivity contribution >= 4 is 11.5 Å². The largest absolute Gasteiger partial charge is 0.383 e. The van der Waals surface area contributed by atoms with Gasteiger partial charge in [-0.15, -0.1) is 0 Å². The summed E-state index contributed by atoms with van der Waals surface area (Å²) >= 11 is 0. The Bertz CT molecular complexity index is 836. The molecule has 3 aromatic heterocycles. The normalized spacial score (nSPS) is 10.7. The Morgan fingerprint density at radius 2 is 2.12 bits per heavy atom. The van der Waals surface area contributed by atoms with Crippen LogP contribution < -0.4 is 10.2 Å². The van der Waals surface area contributed by atoms with Crippen molar-refractivity contribution < 1.29 is 9.13 Å². The average molecular weight is 356 g/mol. The van der Waals surface area contributed by atoms with Crippen LogP contribution in [0.5, 0.6) is 0 Å². The molecule has 8 heteroatoms. The molecule has 0 atom stereocenters. The highest BCUT2D eigenvalue weighted by molar-refractivity contribution is 5.43. The minimum atomic E-state index is -0.533. The molecular weight excluding hydrogens is 335 g/mol. The quantitative estimate of drug-likeness (QED) is 0.626. The van der Waals surface area contributed by atoms with E-state index >= 15 is 0 Å². The third-order valence-corrected chi connectivity index (χ3v) is 3.88. The molecule has 0 unspecified atom stereocenters. The number of nitrogens with one attached hydrogen (secondary N) is 1. The zero-order chi connectivity index (χ0) is 18.4. The lowest BCUT2D eigenvalue weighted by atomic mass is 10.2. The van der Waals surface area contributed by atoms with Crippen molar-refractivity contribution in [2.24, 2.45) is 0 Å². The standard InChI is InChI=1S/C18H21FN6O/c1-24(7-8-26-2)18-4-3-14(11-22-18)10-21-15-12-23-25(13-15)16-5-6-20-17(19)9-16/h3-6,9,11-13,21H,7-8,10H2,1-2H3. The molecule has 1 N–H and O–H groups in total. The molecule has 0 aliphatic carbocycles. The summed E-state index contributed by atoms with van der Waals surface area (Å²) in [4.78, 5) is 10.1. The molecule has 26 heavy (non-hydrogen) atoms. The fraction of sp³-hybridized carbons (Fsp3) is 0.278. The van der Waals surface area contributed by atoms with E-state index in [0.29, 0.717) is 18.8 Å². The summed E-state index contributed by atoms with van der Waals surface area (Å²) in [7, 11) is 3.67. The second-order valence-corrected chi connectivity index (χ2v) is 5.80. The van der Waals surface area contributed by atoms with E-state index < -0.39 is 5.95 Å². The van der Waals surface area contributed by atoms with Gasteiger partial charge in [-0.3, -0.25) is 0 Å². The number of halogens is 1. The van der Waals surface area contributed by atoms with Gasteiger partial charge in [0.25, 0.3) is 0 Å². The first-order valence-corrected chi connectivity index (χ1v) is 8.21. The van der Waals surface area contributed by atoms with Gasteiger partial charge in [0.15, 0.2) is 0 Å². The molecule has 3 heterocycles. The average Bonchev–Trinajstić information content (AvgIpc) is 3.14. The maximum atomic E-state index is 13.2. The number of methoxy groups -OCH3 is 1. The van der Waals surface area contributed by atoms with Crippen molar-refractivity contribution in [1.29, 1.82) is 0 Å². The fourth-order valence-electron chi connectivity index (χ4n) is 2.38. The predicted octanol–water partition coefficient (Wildman–Crippen LogP) is 2.50. The number of nitrogens with zero attached hydrogens (tertiary/aromatic N) is 5. The lowest BCUT2D eigenvalue weighted by molar-refractivity contribution is 0.206. The molecule has 0 saturated heterocycles. The number of hydrogen-bond donors (Lipinski definition) is 1. The van der Waals surface area contributed by atoms with E-state index in [1.54, 1.807) is 30.3 Å². The highest BCUT2D eigenvalue weighted by Gasteiger charge is 2.04. The molecule has 0 aromatic carbocycles. The monoisotopic (exact) mass is 356 g/mol. The molecule has 0 amide bonds. The Labute approximate surface area is 151 Å². The van der Waals surface area contributed by atoms with Gasteiger partial charge in [0.2, 0.25) is 5.95 Å². The first-order chi connectivity index (χ1) is 12.7. The van der Waals surface area contributed by atoms with Gasteiger partial charge < -0.3 is 15.0 Å². The van der Waals surface area contributed by atoms with Gasteiger partial charge in [-0.05, 0) is 17.7 Å². The summed E-state index contributed by atoms with van der Waals surface area (Å²) in [6.45, 7) is 2.06. The van der Waals surface area contributed by atoms with Crippen LogP contribution in [-0.2, 0) is 11.3 Å². The van der Waals surface area contributed by atoms with Crippen molar-refractivity contribution in [3.05, 3.63) is 60.6 Å². The topological polar surface area (TPSA) is 68.1 Å². The van der Waals surface area contributed by atoms with Gasteiger partial charge >= 0.3 is 0 Å². The number of anilines is 2. The van der Waals surface area contributed by atoms with E-state index in [-0.39, 0.29) is 0 Å². The number of rotatable bonds is 8. The van der Waals surface area contributed by atoms with Gasteiger partial charge in [-0.25, -0.2) is 14.6 Å². The molecule has 0 aliphatic rings. The van der Waals surface area contributed by atoms with Crippen molar-refractivity contribution in [2.75, 3.05) is 37.5 Å². The number of ether oxygens (including phenoxy) is 1. The van der Waals surface area contributed by atoms with E-state index in [1.807, 2.05) is 30.3 Å². The summed E-state index contributed by atoms with van der Waals surface area (Å²) in [5.74, 6) is 0.368. The molecule has 0 fully saturated rings. The van der Waals surface area contributed by atoms with Crippen LogP contribution in [0.25, 0.3) is 5.69 Å². The maximum Gasteiger partial charge on any atom is 0.214 e. The third-order valence-electron chi connectivity index (χ3n) is 3.88. The van der Waals surface area contributed by atoms with Gasteiger partial charge in [-0.1, -0.05) is 6.07 Å². The summed E-state index contributed by atoms with van der Waals surface area (Å²) in [5, 5.41) is 7.51. The van der Waals surface area contributed by atoms with Gasteiger partial charge in [-0.2, -0.15) is 9.49 Å². The number of likely N-dealkylation sites (N-methyl/N-ethyl adjacent to an activating group) is 1. The Balaban J connectivity index is 1.58. The Morgan fingerprint density at radius 1 is 1.23 bits per heavy atom. The molecule has 3 aromatic rings. The van der Waals surface area contributed by atoms with E-state index in [0.717, 1.165) is 23.6 Å². The Hall–Kier alpha value is -3.00. The Kier molecular flexibility index (Phi) is 5.75. The molecule has 136 valence electrons. The molecule has 0 aliphatic heterocycles. The van der Waals surface area contributed by atoms with Crippen molar-refractivity contribution in [3.63, 3.8) is 0 Å². The van der Waals surface area contributed by atoms with E-state index in [9.17, 15) is 4.39 Å². The molecular formula is C18H21FN6O. The van der Waals surface area contributed by atoms with Crippen LogP contribution in [0.1, 0.15) is 5.56 Å². The van der Waals surface area contributed by atoms with Crippen LogP contribution in [0.15, 0.2) is 49.1 Å². The summed E-state index contributed by atoms with van der Waals surface area (Å²) in [5.41, 5.74) is 2.51. The number of aromatic nitrogens is 4. The molecule has 0 bridgehead atoms. The van der Waals surface area contributed by atoms with Crippen LogP contribution in [0, 0.1) is 5.95 Å². The maximum absolute atomic E-state index is 13.2. The smallest absolute Gasteiger partial charge is 0.214 e. The number of pyridine rings is 2. The van der Waals surface area contributed by atoms with E-state index in [2.05, 4.69) is 20.4 Å². The predicted molar refractivity (Wildman–Crippen MR) is 98.0 cm³/mol. The molecule has 7 nitrogen and oxygen atoms in total. The Morgan fingerprint density at radius 3 is 2.85 bits per heavy atom. The first-order valence-electron chi connectivity index (χ1n) is 8.21. The van der Waals surface area contributed by atoms with Crippen LogP contribution in [-0.4, -0.2) is 47.1 Å². The number of hydrogen-bond acceptors (Lipinski definition) is 6. The van der Waals surface area contributed by atoms with Gasteiger partial charge in [0, 0.05) is 45.7 Å². The van der Waals surface area contributed by atoms with E-state index in [1.165, 1.54) is 12.3 Å². The van der Waals surface area contributed by atoms with Crippen LogP contribution in [0.4, 0.5) is 15.9 Å². The fourth-order valence-corrected chi connectivity index (χ4v) is 2.38. The van der Waals surface area contributed by atoms with Gasteiger partial charge in [0.1, 0.15) is 5.82 Å². The van der Waals surface area contributed by atoms with Crippen molar-refractivity contribution in [1.82, 2.24) is 19.7 Å². The zero-order valence-corrected chi connectivity index (χ0v) is 14.8. The van der Waals surface area contributed by atoms with Crippen LogP contribution >= 0.6 is 0 Å². The molecule has 0 saturated carbocycles. The minimum absolute atomic E-state index is 0.533. The van der Waals surface area contributed by atoms with Crippen LogP contribution in [0.2, 0.25) is 0 Å². The highest BCUT2D eigenvalue weighted by Crippen LogP contribution is 2.14. The third kappa shape index (κ3) is 4.54. The summed E-state index contributed by atoms with van der Waals surface area (Å²) in [6, 6.07) is 7.04. The van der Waals surface area contributed by atoms with E-state index in [4.69, 9.17) is 4.74 Å². The van der Waals surface area contributed by atoms with Gasteiger partial charge in [0.05, 0.1) is 30.4 Å². The molecule has 3 rings (SSSR count).